The Hall–Kier alpha value is -1.84. The first kappa shape index (κ1) is 14.6. The third kappa shape index (κ3) is 3.38. The van der Waals surface area contributed by atoms with Gasteiger partial charge in [-0.25, -0.2) is 4.79 Å². The standard InChI is InChI=1S/C16H20O4/c1-16(2,3)20-15(18)13-9-12(13)10-6-5-7-11(8-10)14(17)19-4/h5-8,12-13H,9H2,1-4H3/t12-,13+/m1/s1. The van der Waals surface area contributed by atoms with Gasteiger partial charge in [-0.2, -0.15) is 0 Å². The fourth-order valence-electron chi connectivity index (χ4n) is 2.22. The minimum atomic E-state index is -0.460. The van der Waals surface area contributed by atoms with Gasteiger partial charge in [-0.3, -0.25) is 4.79 Å². The van der Waals surface area contributed by atoms with E-state index in [4.69, 9.17) is 9.47 Å². The van der Waals surface area contributed by atoms with Crippen LogP contribution in [0.15, 0.2) is 24.3 Å². The molecule has 0 saturated heterocycles. The number of hydrogen-bond donors (Lipinski definition) is 0. The average Bonchev–Trinajstić information content (AvgIpc) is 3.16. The van der Waals surface area contributed by atoms with E-state index < -0.39 is 5.60 Å². The molecular weight excluding hydrogens is 256 g/mol. The number of ether oxygens (including phenoxy) is 2. The van der Waals surface area contributed by atoms with Crippen LogP contribution in [0.1, 0.15) is 49.0 Å². The summed E-state index contributed by atoms with van der Waals surface area (Å²) in [6.07, 6.45) is 0.777. The molecule has 108 valence electrons. The molecule has 0 bridgehead atoms. The van der Waals surface area contributed by atoms with Crippen LogP contribution in [0.5, 0.6) is 0 Å². The Kier molecular flexibility index (Phi) is 3.84. The van der Waals surface area contributed by atoms with Crippen molar-refractivity contribution in [2.45, 2.75) is 38.7 Å². The molecule has 0 N–H and O–H groups in total. The smallest absolute Gasteiger partial charge is 0.337 e. The number of methoxy groups -OCH3 is 1. The molecule has 0 aromatic heterocycles. The third-order valence-electron chi connectivity index (χ3n) is 3.24. The summed E-state index contributed by atoms with van der Waals surface area (Å²) in [5, 5.41) is 0. The van der Waals surface area contributed by atoms with Gasteiger partial charge in [0.05, 0.1) is 18.6 Å². The van der Waals surface area contributed by atoms with E-state index in [1.54, 1.807) is 12.1 Å². The van der Waals surface area contributed by atoms with Gasteiger partial charge in [0, 0.05) is 0 Å². The molecule has 1 aliphatic carbocycles. The van der Waals surface area contributed by atoms with E-state index >= 15 is 0 Å². The van der Waals surface area contributed by atoms with Crippen LogP contribution in [0, 0.1) is 5.92 Å². The van der Waals surface area contributed by atoms with Crippen LogP contribution < -0.4 is 0 Å². The predicted octanol–water partition coefficient (Wildman–Crippen LogP) is 2.92. The number of esters is 2. The zero-order valence-corrected chi connectivity index (χ0v) is 12.3. The Morgan fingerprint density at radius 3 is 2.55 bits per heavy atom. The number of rotatable bonds is 3. The third-order valence-corrected chi connectivity index (χ3v) is 3.24. The topological polar surface area (TPSA) is 52.6 Å². The maximum absolute atomic E-state index is 12.0. The van der Waals surface area contributed by atoms with Gasteiger partial charge >= 0.3 is 11.9 Å². The first-order valence-electron chi connectivity index (χ1n) is 6.73. The second-order valence-electron chi connectivity index (χ2n) is 6.10. The molecule has 2 atom stereocenters. The van der Waals surface area contributed by atoms with Crippen LogP contribution in [0.2, 0.25) is 0 Å². The Balaban J connectivity index is 2.05. The molecule has 0 amide bonds. The summed E-state index contributed by atoms with van der Waals surface area (Å²) in [6.45, 7) is 5.58. The van der Waals surface area contributed by atoms with E-state index in [2.05, 4.69) is 0 Å². The fraction of sp³-hybridized carbons (Fsp3) is 0.500. The molecule has 0 heterocycles. The van der Waals surface area contributed by atoms with Gasteiger partial charge in [-0.15, -0.1) is 0 Å². The van der Waals surface area contributed by atoms with Crippen molar-refractivity contribution in [3.05, 3.63) is 35.4 Å². The number of benzene rings is 1. The van der Waals surface area contributed by atoms with Gasteiger partial charge in [0.2, 0.25) is 0 Å². The molecule has 1 aromatic rings. The Bertz CT molecular complexity index is 528. The van der Waals surface area contributed by atoms with Crippen LogP contribution in [0.25, 0.3) is 0 Å². The maximum atomic E-state index is 12.0. The summed E-state index contributed by atoms with van der Waals surface area (Å²) in [4.78, 5) is 23.5. The largest absolute Gasteiger partial charge is 0.465 e. The van der Waals surface area contributed by atoms with Crippen molar-refractivity contribution in [1.82, 2.24) is 0 Å². The number of hydrogen-bond acceptors (Lipinski definition) is 4. The van der Waals surface area contributed by atoms with Crippen LogP contribution in [-0.2, 0) is 14.3 Å². The molecule has 1 fully saturated rings. The summed E-state index contributed by atoms with van der Waals surface area (Å²) in [5.41, 5.74) is 1.04. The first-order chi connectivity index (χ1) is 9.31. The van der Waals surface area contributed by atoms with Crippen LogP contribution in [-0.4, -0.2) is 24.6 Å². The first-order valence-corrected chi connectivity index (χ1v) is 6.73. The van der Waals surface area contributed by atoms with Gasteiger partial charge in [0.25, 0.3) is 0 Å². The maximum Gasteiger partial charge on any atom is 0.337 e. The van der Waals surface area contributed by atoms with Crippen molar-refractivity contribution in [1.29, 1.82) is 0 Å². The molecule has 0 unspecified atom stereocenters. The second-order valence-corrected chi connectivity index (χ2v) is 6.10. The molecule has 1 aromatic carbocycles. The predicted molar refractivity (Wildman–Crippen MR) is 74.5 cm³/mol. The zero-order valence-electron chi connectivity index (χ0n) is 12.3. The molecular formula is C16H20O4. The summed E-state index contributed by atoms with van der Waals surface area (Å²) < 4.78 is 10.1. The van der Waals surface area contributed by atoms with Crippen LogP contribution in [0.4, 0.5) is 0 Å². The van der Waals surface area contributed by atoms with E-state index in [1.807, 2.05) is 32.9 Å². The summed E-state index contributed by atoms with van der Waals surface area (Å²) in [6, 6.07) is 7.24. The molecule has 0 radical (unpaired) electrons. The van der Waals surface area contributed by atoms with E-state index in [0.29, 0.717) is 5.56 Å². The highest BCUT2D eigenvalue weighted by Crippen LogP contribution is 2.48. The van der Waals surface area contributed by atoms with E-state index in [9.17, 15) is 9.59 Å². The summed E-state index contributed by atoms with van der Waals surface area (Å²) in [7, 11) is 1.36. The zero-order chi connectivity index (χ0) is 14.9. The van der Waals surface area contributed by atoms with Gasteiger partial charge in [-0.1, -0.05) is 12.1 Å². The van der Waals surface area contributed by atoms with Crippen LogP contribution in [0.3, 0.4) is 0 Å². The molecule has 0 aliphatic heterocycles. The number of carbonyl (C=O) groups is 2. The lowest BCUT2D eigenvalue weighted by Crippen LogP contribution is -2.25. The number of carbonyl (C=O) groups excluding carboxylic acids is 2. The minimum absolute atomic E-state index is 0.0953. The average molecular weight is 276 g/mol. The Labute approximate surface area is 119 Å². The van der Waals surface area contributed by atoms with Crippen molar-refractivity contribution >= 4 is 11.9 Å². The van der Waals surface area contributed by atoms with Crippen molar-refractivity contribution in [2.75, 3.05) is 7.11 Å². The molecule has 4 nitrogen and oxygen atoms in total. The second kappa shape index (κ2) is 5.27. The molecule has 20 heavy (non-hydrogen) atoms. The van der Waals surface area contributed by atoms with E-state index in [1.165, 1.54) is 7.11 Å². The lowest BCUT2D eigenvalue weighted by molar-refractivity contribution is -0.156. The molecule has 1 saturated carbocycles. The van der Waals surface area contributed by atoms with Crippen molar-refractivity contribution in [3.63, 3.8) is 0 Å². The highest BCUT2D eigenvalue weighted by atomic mass is 16.6. The molecule has 2 rings (SSSR count). The normalized spacial score (nSPS) is 21.2. The van der Waals surface area contributed by atoms with Crippen molar-refractivity contribution in [2.24, 2.45) is 5.92 Å². The highest BCUT2D eigenvalue weighted by molar-refractivity contribution is 5.89. The Morgan fingerprint density at radius 1 is 1.25 bits per heavy atom. The lowest BCUT2D eigenvalue weighted by Gasteiger charge is -2.19. The van der Waals surface area contributed by atoms with Gasteiger partial charge in [-0.05, 0) is 50.8 Å². The van der Waals surface area contributed by atoms with Gasteiger partial charge < -0.3 is 9.47 Å². The molecule has 4 heteroatoms. The summed E-state index contributed by atoms with van der Waals surface area (Å²) >= 11 is 0. The van der Waals surface area contributed by atoms with E-state index in [-0.39, 0.29) is 23.8 Å². The SMILES string of the molecule is COC(=O)c1cccc([C@H]2C[C@@H]2C(=O)OC(C)(C)C)c1. The highest BCUT2D eigenvalue weighted by Gasteiger charge is 2.46. The minimum Gasteiger partial charge on any atom is -0.465 e. The van der Waals surface area contributed by atoms with Gasteiger partial charge in [0.1, 0.15) is 5.60 Å². The quantitative estimate of drug-likeness (QED) is 0.796. The van der Waals surface area contributed by atoms with Crippen molar-refractivity contribution < 1.29 is 19.1 Å². The molecule has 1 aliphatic rings. The van der Waals surface area contributed by atoms with E-state index in [0.717, 1.165) is 12.0 Å². The van der Waals surface area contributed by atoms with Crippen molar-refractivity contribution in [3.8, 4) is 0 Å². The fourth-order valence-corrected chi connectivity index (χ4v) is 2.22. The van der Waals surface area contributed by atoms with Gasteiger partial charge in [0.15, 0.2) is 0 Å². The Morgan fingerprint density at radius 2 is 1.95 bits per heavy atom. The lowest BCUT2D eigenvalue weighted by atomic mass is 10.1. The molecule has 0 spiro atoms. The monoisotopic (exact) mass is 276 g/mol. The van der Waals surface area contributed by atoms with Crippen LogP contribution >= 0.6 is 0 Å². The summed E-state index contributed by atoms with van der Waals surface area (Å²) in [5.74, 6) is -0.469.